The van der Waals surface area contributed by atoms with Crippen LogP contribution in [0.4, 0.5) is 4.79 Å². The van der Waals surface area contributed by atoms with Gasteiger partial charge in [0.1, 0.15) is 6.61 Å². The van der Waals surface area contributed by atoms with Crippen LogP contribution in [0.3, 0.4) is 0 Å². The molecular weight excluding hydrogens is 444 g/mol. The molecule has 184 valence electrons. The number of fused-ring (bicyclic) bond motifs is 5. The summed E-state index contributed by atoms with van der Waals surface area (Å²) in [7, 11) is 0. The van der Waals surface area contributed by atoms with Crippen LogP contribution >= 0.6 is 0 Å². The van der Waals surface area contributed by atoms with Gasteiger partial charge in [0, 0.05) is 31.0 Å². The molecule has 4 atom stereocenters. The van der Waals surface area contributed by atoms with Crippen LogP contribution in [0.5, 0.6) is 0 Å². The summed E-state index contributed by atoms with van der Waals surface area (Å²) in [6.45, 7) is 2.69. The van der Waals surface area contributed by atoms with Crippen LogP contribution in [0, 0.1) is 11.8 Å². The van der Waals surface area contributed by atoms with Crippen molar-refractivity contribution in [2.75, 3.05) is 13.2 Å². The van der Waals surface area contributed by atoms with Gasteiger partial charge in [-0.1, -0.05) is 55.5 Å². The van der Waals surface area contributed by atoms with Crippen molar-refractivity contribution in [2.24, 2.45) is 11.8 Å². The number of nitrogens with zero attached hydrogens (tertiary/aromatic N) is 1. The van der Waals surface area contributed by atoms with Crippen LogP contribution in [-0.2, 0) is 14.3 Å². The summed E-state index contributed by atoms with van der Waals surface area (Å²) in [5, 5.41) is 12.2. The fraction of sp³-hybridized carbons (Fsp3) is 0.464. The Morgan fingerprint density at radius 3 is 2.34 bits per heavy atom. The van der Waals surface area contributed by atoms with Crippen molar-refractivity contribution in [1.29, 1.82) is 0 Å². The lowest BCUT2D eigenvalue weighted by Gasteiger charge is -2.24. The summed E-state index contributed by atoms with van der Waals surface area (Å²) in [5.41, 5.74) is 4.73. The predicted molar refractivity (Wildman–Crippen MR) is 131 cm³/mol. The van der Waals surface area contributed by atoms with Gasteiger partial charge in [-0.15, -0.1) is 0 Å². The van der Waals surface area contributed by atoms with Gasteiger partial charge in [-0.05, 0) is 53.9 Å². The second-order valence-corrected chi connectivity index (χ2v) is 10.1. The maximum atomic E-state index is 12.9. The standard InChI is InChI=1S/C28H32N2O5/c1-17(14-26(31)30-18-10-11-25(30)23(15-18)27(32)33)12-13-29-28(34)35-16-24-21-8-4-2-6-19(21)20-7-3-5-9-22(20)24/h2-9,17-18,23-25H,10-16H2,1H3,(H,29,34)(H,32,33). The molecule has 2 aromatic carbocycles. The molecule has 4 unspecified atom stereocenters. The molecule has 2 aliphatic heterocycles. The summed E-state index contributed by atoms with van der Waals surface area (Å²) in [4.78, 5) is 38.5. The Morgan fingerprint density at radius 1 is 1.06 bits per heavy atom. The van der Waals surface area contributed by atoms with Crippen molar-refractivity contribution in [2.45, 2.75) is 57.0 Å². The maximum Gasteiger partial charge on any atom is 0.407 e. The Kier molecular flexibility index (Phi) is 6.50. The summed E-state index contributed by atoms with van der Waals surface area (Å²) in [6.07, 6.45) is 2.83. The number of rotatable bonds is 8. The number of nitrogens with one attached hydrogen (secondary N) is 1. The molecule has 0 spiro atoms. The number of aliphatic carboxylic acids is 1. The largest absolute Gasteiger partial charge is 0.481 e. The summed E-state index contributed by atoms with van der Waals surface area (Å²) in [6, 6.07) is 16.4. The van der Waals surface area contributed by atoms with Gasteiger partial charge in [0.2, 0.25) is 5.91 Å². The third-order valence-electron chi connectivity index (χ3n) is 7.92. The van der Waals surface area contributed by atoms with E-state index in [-0.39, 0.29) is 36.4 Å². The molecule has 0 aromatic heterocycles. The quantitative estimate of drug-likeness (QED) is 0.589. The normalized spacial score (nSPS) is 23.0. The Balaban J connectivity index is 1.07. The van der Waals surface area contributed by atoms with Crippen molar-refractivity contribution in [3.63, 3.8) is 0 Å². The van der Waals surface area contributed by atoms with Gasteiger partial charge in [-0.25, -0.2) is 4.79 Å². The zero-order valence-corrected chi connectivity index (χ0v) is 20.0. The van der Waals surface area contributed by atoms with Crippen LogP contribution in [0.25, 0.3) is 11.1 Å². The Hall–Kier alpha value is -3.35. The first-order chi connectivity index (χ1) is 16.9. The number of carboxylic acid groups (broad SMARTS) is 1. The average Bonchev–Trinajstić information content (AvgIpc) is 3.52. The number of hydrogen-bond donors (Lipinski definition) is 2. The van der Waals surface area contributed by atoms with Gasteiger partial charge in [-0.2, -0.15) is 0 Å². The van der Waals surface area contributed by atoms with Gasteiger partial charge in [0.25, 0.3) is 0 Å². The van der Waals surface area contributed by atoms with E-state index in [0.29, 0.717) is 25.8 Å². The summed E-state index contributed by atoms with van der Waals surface area (Å²) in [5.74, 6) is -1.08. The number of hydrogen-bond acceptors (Lipinski definition) is 4. The highest BCUT2D eigenvalue weighted by Crippen LogP contribution is 2.44. The van der Waals surface area contributed by atoms with E-state index in [1.165, 1.54) is 22.3 Å². The zero-order chi connectivity index (χ0) is 24.5. The maximum absolute atomic E-state index is 12.9. The third-order valence-corrected chi connectivity index (χ3v) is 7.92. The first-order valence-electron chi connectivity index (χ1n) is 12.6. The summed E-state index contributed by atoms with van der Waals surface area (Å²) < 4.78 is 5.57. The number of alkyl carbamates (subject to hydrolysis) is 1. The molecule has 2 amide bonds. The second kappa shape index (κ2) is 9.72. The van der Waals surface area contributed by atoms with E-state index in [1.807, 2.05) is 36.1 Å². The van der Waals surface area contributed by atoms with E-state index in [4.69, 9.17) is 4.74 Å². The van der Waals surface area contributed by atoms with Crippen molar-refractivity contribution < 1.29 is 24.2 Å². The highest BCUT2D eigenvalue weighted by Gasteiger charge is 2.51. The number of carbonyl (C=O) groups is 3. The van der Waals surface area contributed by atoms with E-state index < -0.39 is 18.0 Å². The lowest BCUT2D eigenvalue weighted by Crippen LogP contribution is -2.38. The molecule has 7 heteroatoms. The highest BCUT2D eigenvalue weighted by molar-refractivity contribution is 5.81. The van der Waals surface area contributed by atoms with Crippen LogP contribution in [0.15, 0.2) is 48.5 Å². The lowest BCUT2D eigenvalue weighted by atomic mass is 9.89. The zero-order valence-electron chi connectivity index (χ0n) is 20.0. The molecule has 2 aromatic rings. The molecule has 35 heavy (non-hydrogen) atoms. The van der Waals surface area contributed by atoms with E-state index in [2.05, 4.69) is 29.6 Å². The molecule has 0 saturated carbocycles. The Morgan fingerprint density at radius 2 is 1.71 bits per heavy atom. The van der Waals surface area contributed by atoms with Crippen LogP contribution in [0.2, 0.25) is 0 Å². The molecular formula is C28H32N2O5. The van der Waals surface area contributed by atoms with Gasteiger partial charge in [0.15, 0.2) is 0 Å². The number of carboxylic acids is 1. The molecule has 3 aliphatic rings. The van der Waals surface area contributed by atoms with Crippen molar-refractivity contribution >= 4 is 18.0 Å². The smallest absolute Gasteiger partial charge is 0.407 e. The molecule has 0 radical (unpaired) electrons. The molecule has 5 rings (SSSR count). The van der Waals surface area contributed by atoms with Crippen LogP contribution < -0.4 is 5.32 Å². The Labute approximate surface area is 205 Å². The number of amides is 2. The molecule has 1 aliphatic carbocycles. The SMILES string of the molecule is CC(CCNC(=O)OCC1c2ccccc2-c2ccccc21)CC(=O)N1C2CCC1C(C(=O)O)C2. The van der Waals surface area contributed by atoms with E-state index in [9.17, 15) is 19.5 Å². The van der Waals surface area contributed by atoms with Crippen molar-refractivity contribution in [3.8, 4) is 11.1 Å². The monoisotopic (exact) mass is 476 g/mol. The minimum Gasteiger partial charge on any atom is -0.481 e. The van der Waals surface area contributed by atoms with Gasteiger partial charge >= 0.3 is 12.1 Å². The van der Waals surface area contributed by atoms with E-state index >= 15 is 0 Å². The molecule has 2 heterocycles. The number of carbonyl (C=O) groups excluding carboxylic acids is 2. The fourth-order valence-electron chi connectivity index (χ4n) is 6.22. The van der Waals surface area contributed by atoms with Crippen molar-refractivity contribution in [1.82, 2.24) is 10.2 Å². The first-order valence-corrected chi connectivity index (χ1v) is 12.6. The van der Waals surface area contributed by atoms with Crippen molar-refractivity contribution in [3.05, 3.63) is 59.7 Å². The van der Waals surface area contributed by atoms with E-state index in [0.717, 1.165) is 12.8 Å². The molecule has 2 N–H and O–H groups in total. The lowest BCUT2D eigenvalue weighted by molar-refractivity contribution is -0.143. The minimum atomic E-state index is -0.796. The van der Waals surface area contributed by atoms with Crippen LogP contribution in [-0.4, -0.2) is 53.2 Å². The molecule has 2 saturated heterocycles. The third kappa shape index (κ3) is 4.51. The molecule has 2 fully saturated rings. The van der Waals surface area contributed by atoms with Gasteiger partial charge in [0.05, 0.1) is 5.92 Å². The number of ether oxygens (including phenoxy) is 1. The minimum absolute atomic E-state index is 0.0233. The average molecular weight is 477 g/mol. The summed E-state index contributed by atoms with van der Waals surface area (Å²) >= 11 is 0. The fourth-order valence-corrected chi connectivity index (χ4v) is 6.22. The van der Waals surface area contributed by atoms with Gasteiger partial charge < -0.3 is 20.1 Å². The number of benzene rings is 2. The topological polar surface area (TPSA) is 95.9 Å². The van der Waals surface area contributed by atoms with Gasteiger partial charge in [-0.3, -0.25) is 9.59 Å². The highest BCUT2D eigenvalue weighted by atomic mass is 16.5. The van der Waals surface area contributed by atoms with Crippen LogP contribution in [0.1, 0.15) is 56.1 Å². The predicted octanol–water partition coefficient (Wildman–Crippen LogP) is 4.41. The molecule has 7 nitrogen and oxygen atoms in total. The molecule has 2 bridgehead atoms. The van der Waals surface area contributed by atoms with E-state index in [1.54, 1.807) is 0 Å². The first kappa shape index (κ1) is 23.4. The Bertz CT molecular complexity index is 1090. The second-order valence-electron chi connectivity index (χ2n) is 10.1.